The molecular formula is C29H27O2. The van der Waals surface area contributed by atoms with Gasteiger partial charge in [-0.1, -0.05) is 84.4 Å². The standard InChI is InChI=1S/C29H27O2/c1-23-6-5-9-27(20-23)22-31-29-18-14-25(15-19-29)11-10-24-12-16-28(17-13-24)30-21-26-7-3-2-4-8-26/h2-10,12-20H,11,21-22H2,1H3. The molecule has 4 aromatic carbocycles. The van der Waals surface area contributed by atoms with Crippen LogP contribution in [-0.2, 0) is 19.6 Å². The largest absolute Gasteiger partial charge is 0.489 e. The summed E-state index contributed by atoms with van der Waals surface area (Å²) in [5, 5.41) is 0. The number of benzene rings is 4. The van der Waals surface area contributed by atoms with E-state index < -0.39 is 0 Å². The van der Waals surface area contributed by atoms with E-state index >= 15 is 0 Å². The molecule has 0 saturated carbocycles. The average Bonchev–Trinajstić information content (AvgIpc) is 2.82. The van der Waals surface area contributed by atoms with Gasteiger partial charge in [0.25, 0.3) is 0 Å². The van der Waals surface area contributed by atoms with Gasteiger partial charge in [0.2, 0.25) is 0 Å². The van der Waals surface area contributed by atoms with Crippen molar-refractivity contribution in [3.8, 4) is 11.5 Å². The van der Waals surface area contributed by atoms with Crippen LogP contribution in [0.15, 0.2) is 103 Å². The van der Waals surface area contributed by atoms with Gasteiger partial charge in [-0.3, -0.25) is 0 Å². The first-order valence-electron chi connectivity index (χ1n) is 10.6. The highest BCUT2D eigenvalue weighted by molar-refractivity contribution is 5.35. The fourth-order valence-corrected chi connectivity index (χ4v) is 3.37. The SMILES string of the molecule is Cc1cccc(COc2ccc(C[CH]c3ccc(OCc4ccccc4)cc3)cc2)c1. The summed E-state index contributed by atoms with van der Waals surface area (Å²) in [6.45, 7) is 3.27. The summed E-state index contributed by atoms with van der Waals surface area (Å²) in [5.74, 6) is 1.78. The number of aryl methyl sites for hydroxylation is 1. The van der Waals surface area contributed by atoms with Crippen molar-refractivity contribution >= 4 is 0 Å². The lowest BCUT2D eigenvalue weighted by Crippen LogP contribution is -1.96. The van der Waals surface area contributed by atoms with E-state index in [4.69, 9.17) is 9.47 Å². The number of hydrogen-bond donors (Lipinski definition) is 0. The van der Waals surface area contributed by atoms with Gasteiger partial charge in [-0.25, -0.2) is 0 Å². The predicted molar refractivity (Wildman–Crippen MR) is 126 cm³/mol. The molecule has 0 amide bonds. The molecule has 0 bridgehead atoms. The Morgan fingerprint density at radius 1 is 0.581 bits per heavy atom. The number of rotatable bonds is 9. The number of ether oxygens (including phenoxy) is 2. The lowest BCUT2D eigenvalue weighted by Gasteiger charge is -2.09. The lowest BCUT2D eigenvalue weighted by atomic mass is 10.0. The molecule has 31 heavy (non-hydrogen) atoms. The molecule has 4 aromatic rings. The Balaban J connectivity index is 1.23. The average molecular weight is 408 g/mol. The van der Waals surface area contributed by atoms with E-state index in [9.17, 15) is 0 Å². The van der Waals surface area contributed by atoms with Crippen LogP contribution in [0.4, 0.5) is 0 Å². The second-order valence-electron chi connectivity index (χ2n) is 7.67. The van der Waals surface area contributed by atoms with E-state index in [-0.39, 0.29) is 0 Å². The molecule has 0 aliphatic rings. The van der Waals surface area contributed by atoms with Crippen molar-refractivity contribution in [1.82, 2.24) is 0 Å². The summed E-state index contributed by atoms with van der Waals surface area (Å²) < 4.78 is 11.8. The minimum atomic E-state index is 0.586. The van der Waals surface area contributed by atoms with E-state index in [1.807, 2.05) is 42.5 Å². The zero-order chi connectivity index (χ0) is 21.3. The van der Waals surface area contributed by atoms with E-state index in [1.54, 1.807) is 0 Å². The third-order valence-electron chi connectivity index (χ3n) is 5.11. The predicted octanol–water partition coefficient (Wildman–Crippen LogP) is 6.95. The van der Waals surface area contributed by atoms with E-state index in [0.29, 0.717) is 13.2 Å². The van der Waals surface area contributed by atoms with Gasteiger partial charge in [-0.2, -0.15) is 0 Å². The maximum absolute atomic E-state index is 5.91. The fraction of sp³-hybridized carbons (Fsp3) is 0.138. The quantitative estimate of drug-likeness (QED) is 0.299. The summed E-state index contributed by atoms with van der Waals surface area (Å²) in [6, 6.07) is 35.2. The second kappa shape index (κ2) is 10.5. The lowest BCUT2D eigenvalue weighted by molar-refractivity contribution is 0.306. The molecule has 0 aliphatic heterocycles. The Bertz CT molecular complexity index is 1070. The van der Waals surface area contributed by atoms with Crippen molar-refractivity contribution < 1.29 is 9.47 Å². The van der Waals surface area contributed by atoms with E-state index in [1.165, 1.54) is 27.8 Å². The molecule has 0 unspecified atom stereocenters. The molecule has 0 saturated heterocycles. The Morgan fingerprint density at radius 2 is 1.19 bits per heavy atom. The summed E-state index contributed by atoms with van der Waals surface area (Å²) in [7, 11) is 0. The zero-order valence-electron chi connectivity index (χ0n) is 17.8. The van der Waals surface area contributed by atoms with Crippen molar-refractivity contribution in [2.24, 2.45) is 0 Å². The van der Waals surface area contributed by atoms with Crippen LogP contribution >= 0.6 is 0 Å². The molecule has 0 fully saturated rings. The summed E-state index contributed by atoms with van der Waals surface area (Å²) >= 11 is 0. The van der Waals surface area contributed by atoms with Gasteiger partial charge < -0.3 is 9.47 Å². The topological polar surface area (TPSA) is 18.5 Å². The first-order chi connectivity index (χ1) is 15.2. The summed E-state index contributed by atoms with van der Waals surface area (Å²) in [5.41, 5.74) is 6.06. The molecular weight excluding hydrogens is 380 g/mol. The third-order valence-corrected chi connectivity index (χ3v) is 5.11. The van der Waals surface area contributed by atoms with Gasteiger partial charge in [0.1, 0.15) is 24.7 Å². The monoisotopic (exact) mass is 407 g/mol. The molecule has 0 spiro atoms. The minimum absolute atomic E-state index is 0.586. The van der Waals surface area contributed by atoms with Crippen LogP contribution in [0.3, 0.4) is 0 Å². The fourth-order valence-electron chi connectivity index (χ4n) is 3.37. The normalized spacial score (nSPS) is 10.6. The van der Waals surface area contributed by atoms with Crippen molar-refractivity contribution in [2.45, 2.75) is 26.6 Å². The molecule has 0 N–H and O–H groups in total. The van der Waals surface area contributed by atoms with Crippen LogP contribution in [-0.4, -0.2) is 0 Å². The first-order valence-corrected chi connectivity index (χ1v) is 10.6. The number of hydrogen-bond acceptors (Lipinski definition) is 2. The molecule has 0 atom stereocenters. The Morgan fingerprint density at radius 3 is 1.87 bits per heavy atom. The van der Waals surface area contributed by atoms with Crippen LogP contribution < -0.4 is 9.47 Å². The minimum Gasteiger partial charge on any atom is -0.489 e. The molecule has 4 rings (SSSR count). The Kier molecular flexibility index (Phi) is 7.02. The highest BCUT2D eigenvalue weighted by Crippen LogP contribution is 2.19. The van der Waals surface area contributed by atoms with Crippen LogP contribution in [0, 0.1) is 13.3 Å². The smallest absolute Gasteiger partial charge is 0.119 e. The first kappa shape index (κ1) is 20.7. The van der Waals surface area contributed by atoms with Gasteiger partial charge >= 0.3 is 0 Å². The van der Waals surface area contributed by atoms with E-state index in [0.717, 1.165) is 17.9 Å². The third kappa shape index (κ3) is 6.48. The Labute approximate surface area is 185 Å². The highest BCUT2D eigenvalue weighted by Gasteiger charge is 2.01. The van der Waals surface area contributed by atoms with Gasteiger partial charge in [-0.15, -0.1) is 0 Å². The van der Waals surface area contributed by atoms with Crippen molar-refractivity contribution in [3.63, 3.8) is 0 Å². The molecule has 2 heteroatoms. The molecule has 0 aromatic heterocycles. The van der Waals surface area contributed by atoms with Crippen LogP contribution in [0.25, 0.3) is 0 Å². The molecule has 0 aliphatic carbocycles. The van der Waals surface area contributed by atoms with Gasteiger partial charge in [0.05, 0.1) is 0 Å². The van der Waals surface area contributed by atoms with Gasteiger partial charge in [-0.05, 0) is 66.3 Å². The van der Waals surface area contributed by atoms with Crippen molar-refractivity contribution in [2.75, 3.05) is 0 Å². The second-order valence-corrected chi connectivity index (χ2v) is 7.67. The molecule has 2 nitrogen and oxygen atoms in total. The van der Waals surface area contributed by atoms with Crippen LogP contribution in [0.5, 0.6) is 11.5 Å². The maximum Gasteiger partial charge on any atom is 0.119 e. The van der Waals surface area contributed by atoms with Crippen molar-refractivity contribution in [3.05, 3.63) is 137 Å². The van der Waals surface area contributed by atoms with E-state index in [2.05, 4.69) is 74.0 Å². The summed E-state index contributed by atoms with van der Waals surface area (Å²) in [4.78, 5) is 0. The van der Waals surface area contributed by atoms with Crippen molar-refractivity contribution in [1.29, 1.82) is 0 Å². The summed E-state index contributed by atoms with van der Waals surface area (Å²) in [6.07, 6.45) is 3.10. The zero-order valence-corrected chi connectivity index (χ0v) is 17.8. The maximum atomic E-state index is 5.91. The Hall–Kier alpha value is -3.52. The molecule has 155 valence electrons. The highest BCUT2D eigenvalue weighted by atomic mass is 16.5. The van der Waals surface area contributed by atoms with Gasteiger partial charge in [0.15, 0.2) is 0 Å². The van der Waals surface area contributed by atoms with Crippen LogP contribution in [0.1, 0.15) is 27.8 Å². The molecule has 0 heterocycles. The van der Waals surface area contributed by atoms with Crippen LogP contribution in [0.2, 0.25) is 0 Å². The molecule has 1 radical (unpaired) electrons. The van der Waals surface area contributed by atoms with Gasteiger partial charge in [0, 0.05) is 0 Å².